The molecule has 0 saturated carbocycles. The summed E-state index contributed by atoms with van der Waals surface area (Å²) >= 11 is 0. The van der Waals surface area contributed by atoms with E-state index >= 15 is 0 Å². The van der Waals surface area contributed by atoms with E-state index in [-0.39, 0.29) is 17.3 Å². The van der Waals surface area contributed by atoms with Gasteiger partial charge in [0.15, 0.2) is 0 Å². The number of carbonyl (C=O) groups excluding carboxylic acids is 1. The maximum atomic E-state index is 13.5. The first-order valence-electron chi connectivity index (χ1n) is 11.7. The first-order chi connectivity index (χ1) is 16.3. The van der Waals surface area contributed by atoms with E-state index in [1.807, 2.05) is 63.2 Å². The Bertz CT molecular complexity index is 1150. The van der Waals surface area contributed by atoms with Crippen LogP contribution in [0.25, 0.3) is 0 Å². The Morgan fingerprint density at radius 1 is 0.912 bits per heavy atom. The summed E-state index contributed by atoms with van der Waals surface area (Å²) in [6.45, 7) is 6.63. The lowest BCUT2D eigenvalue weighted by Crippen LogP contribution is -2.43. The second-order valence-corrected chi connectivity index (χ2v) is 10.5. The van der Waals surface area contributed by atoms with Gasteiger partial charge in [-0.3, -0.25) is 4.79 Å². The van der Waals surface area contributed by atoms with Crippen LogP contribution in [0, 0.1) is 13.8 Å². The fraction of sp³-hybridized carbons (Fsp3) is 0.370. The zero-order valence-electron chi connectivity index (χ0n) is 20.2. The zero-order valence-corrected chi connectivity index (χ0v) is 21.1. The number of hydrogen-bond acceptors (Lipinski definition) is 4. The molecule has 0 N–H and O–H groups in total. The van der Waals surface area contributed by atoms with Crippen molar-refractivity contribution in [2.24, 2.45) is 0 Å². The standard InChI is InChI=1S/C27H34N2O4S/c1-4-5-18-29(34(31,32)26-15-11-22(2)12-16-26)21-27(30)28(20-25-14-13-23(3)33-25)19-17-24-9-7-6-8-10-24/h6-16H,4-5,17-21H2,1-3H3. The highest BCUT2D eigenvalue weighted by molar-refractivity contribution is 7.89. The Labute approximate surface area is 203 Å². The van der Waals surface area contributed by atoms with Gasteiger partial charge in [0.05, 0.1) is 18.0 Å². The zero-order chi connectivity index (χ0) is 24.6. The number of carbonyl (C=O) groups is 1. The highest BCUT2D eigenvalue weighted by Gasteiger charge is 2.28. The molecule has 7 heteroatoms. The molecule has 0 bridgehead atoms. The molecule has 1 amide bonds. The Morgan fingerprint density at radius 3 is 2.24 bits per heavy atom. The first kappa shape index (κ1) is 25.7. The molecule has 3 rings (SSSR count). The van der Waals surface area contributed by atoms with E-state index in [0.717, 1.165) is 23.3 Å². The SMILES string of the molecule is CCCCN(CC(=O)N(CCc1ccccc1)Cc1ccc(C)o1)S(=O)(=O)c1ccc(C)cc1. The van der Waals surface area contributed by atoms with Crippen LogP contribution in [0.1, 0.15) is 42.4 Å². The number of hydrogen-bond donors (Lipinski definition) is 0. The van der Waals surface area contributed by atoms with Gasteiger partial charge in [-0.05, 0) is 56.5 Å². The van der Waals surface area contributed by atoms with Gasteiger partial charge in [-0.25, -0.2) is 8.42 Å². The number of nitrogens with zero attached hydrogens (tertiary/aromatic N) is 2. The molecule has 0 fully saturated rings. The number of amides is 1. The lowest BCUT2D eigenvalue weighted by Gasteiger charge is -2.27. The minimum atomic E-state index is -3.79. The van der Waals surface area contributed by atoms with E-state index in [4.69, 9.17) is 4.42 Å². The van der Waals surface area contributed by atoms with Crippen LogP contribution in [0.2, 0.25) is 0 Å². The van der Waals surface area contributed by atoms with E-state index in [1.54, 1.807) is 29.2 Å². The van der Waals surface area contributed by atoms with E-state index in [1.165, 1.54) is 4.31 Å². The topological polar surface area (TPSA) is 70.8 Å². The van der Waals surface area contributed by atoms with E-state index in [9.17, 15) is 13.2 Å². The van der Waals surface area contributed by atoms with Crippen molar-refractivity contribution in [1.82, 2.24) is 9.21 Å². The molecular weight excluding hydrogens is 448 g/mol. The number of benzene rings is 2. The van der Waals surface area contributed by atoms with Gasteiger partial charge in [-0.1, -0.05) is 61.4 Å². The molecule has 34 heavy (non-hydrogen) atoms. The van der Waals surface area contributed by atoms with Crippen LogP contribution in [0.4, 0.5) is 0 Å². The molecule has 3 aromatic rings. The van der Waals surface area contributed by atoms with Crippen molar-refractivity contribution in [2.45, 2.75) is 51.5 Å². The van der Waals surface area contributed by atoms with Gasteiger partial charge in [-0.2, -0.15) is 4.31 Å². The highest BCUT2D eigenvalue weighted by Crippen LogP contribution is 2.18. The highest BCUT2D eigenvalue weighted by atomic mass is 32.2. The van der Waals surface area contributed by atoms with Crippen LogP contribution in [0.15, 0.2) is 76.0 Å². The Hall–Kier alpha value is -2.90. The molecule has 0 radical (unpaired) electrons. The molecule has 0 aliphatic carbocycles. The minimum Gasteiger partial charge on any atom is -0.464 e. The monoisotopic (exact) mass is 482 g/mol. The summed E-state index contributed by atoms with van der Waals surface area (Å²) < 4.78 is 33.8. The maximum absolute atomic E-state index is 13.5. The molecule has 1 aromatic heterocycles. The van der Waals surface area contributed by atoms with Gasteiger partial charge in [-0.15, -0.1) is 0 Å². The van der Waals surface area contributed by atoms with Gasteiger partial charge in [0, 0.05) is 13.1 Å². The lowest BCUT2D eigenvalue weighted by molar-refractivity contribution is -0.132. The molecular formula is C27H34N2O4S. The minimum absolute atomic E-state index is 0.204. The fourth-order valence-electron chi connectivity index (χ4n) is 3.69. The Kier molecular flexibility index (Phi) is 9.07. The summed E-state index contributed by atoms with van der Waals surface area (Å²) in [5.74, 6) is 1.22. The van der Waals surface area contributed by atoms with Gasteiger partial charge in [0.2, 0.25) is 15.9 Å². The Morgan fingerprint density at radius 2 is 1.62 bits per heavy atom. The van der Waals surface area contributed by atoms with Gasteiger partial charge in [0.1, 0.15) is 11.5 Å². The number of unbranched alkanes of at least 4 members (excludes halogenated alkanes) is 1. The third-order valence-corrected chi connectivity index (χ3v) is 7.60. The predicted molar refractivity (Wildman–Crippen MR) is 134 cm³/mol. The molecule has 0 saturated heterocycles. The maximum Gasteiger partial charge on any atom is 0.243 e. The summed E-state index contributed by atoms with van der Waals surface area (Å²) in [4.78, 5) is 15.4. The van der Waals surface area contributed by atoms with Crippen LogP contribution >= 0.6 is 0 Å². The number of sulfonamides is 1. The average Bonchev–Trinajstić information content (AvgIpc) is 3.24. The van der Waals surface area contributed by atoms with Crippen LogP contribution in [0.3, 0.4) is 0 Å². The van der Waals surface area contributed by atoms with Crippen molar-refractivity contribution in [3.05, 3.63) is 89.4 Å². The summed E-state index contributed by atoms with van der Waals surface area (Å²) in [5.41, 5.74) is 2.10. The largest absolute Gasteiger partial charge is 0.464 e. The normalized spacial score (nSPS) is 11.6. The average molecular weight is 483 g/mol. The van der Waals surface area contributed by atoms with E-state index < -0.39 is 10.0 Å². The molecule has 0 aliphatic heterocycles. The van der Waals surface area contributed by atoms with Crippen molar-refractivity contribution < 1.29 is 17.6 Å². The fourth-order valence-corrected chi connectivity index (χ4v) is 5.12. The third-order valence-electron chi connectivity index (χ3n) is 5.74. The smallest absolute Gasteiger partial charge is 0.243 e. The summed E-state index contributed by atoms with van der Waals surface area (Å²) in [6, 6.07) is 20.4. The molecule has 0 aliphatic rings. The quantitative estimate of drug-likeness (QED) is 0.366. The van der Waals surface area contributed by atoms with Crippen LogP contribution in [0.5, 0.6) is 0 Å². The van der Waals surface area contributed by atoms with Crippen molar-refractivity contribution in [3.8, 4) is 0 Å². The van der Waals surface area contributed by atoms with Crippen molar-refractivity contribution in [2.75, 3.05) is 19.6 Å². The molecule has 0 unspecified atom stereocenters. The van der Waals surface area contributed by atoms with Crippen molar-refractivity contribution >= 4 is 15.9 Å². The van der Waals surface area contributed by atoms with Crippen LogP contribution in [-0.2, 0) is 27.8 Å². The van der Waals surface area contributed by atoms with Crippen LogP contribution < -0.4 is 0 Å². The molecule has 2 aromatic carbocycles. The van der Waals surface area contributed by atoms with Crippen LogP contribution in [-0.4, -0.2) is 43.2 Å². The third kappa shape index (κ3) is 7.05. The number of aryl methyl sites for hydroxylation is 2. The second-order valence-electron chi connectivity index (χ2n) is 8.57. The molecule has 0 spiro atoms. The van der Waals surface area contributed by atoms with Gasteiger partial charge < -0.3 is 9.32 Å². The lowest BCUT2D eigenvalue weighted by atomic mass is 10.1. The van der Waals surface area contributed by atoms with E-state index in [2.05, 4.69) is 0 Å². The second kappa shape index (κ2) is 12.0. The molecule has 0 atom stereocenters. The van der Waals surface area contributed by atoms with Gasteiger partial charge in [0.25, 0.3) is 0 Å². The molecule has 182 valence electrons. The summed E-state index contributed by atoms with van der Waals surface area (Å²) in [7, 11) is -3.79. The van der Waals surface area contributed by atoms with Gasteiger partial charge >= 0.3 is 0 Å². The Balaban J connectivity index is 1.81. The first-order valence-corrected chi connectivity index (χ1v) is 13.2. The summed E-state index contributed by atoms with van der Waals surface area (Å²) in [5, 5.41) is 0. The molecule has 6 nitrogen and oxygen atoms in total. The number of rotatable bonds is 12. The van der Waals surface area contributed by atoms with Crippen molar-refractivity contribution in [3.63, 3.8) is 0 Å². The predicted octanol–water partition coefficient (Wildman–Crippen LogP) is 4.96. The molecule has 1 heterocycles. The van der Waals surface area contributed by atoms with E-state index in [0.29, 0.717) is 38.2 Å². The number of furan rings is 1. The van der Waals surface area contributed by atoms with Crippen molar-refractivity contribution in [1.29, 1.82) is 0 Å². The summed E-state index contributed by atoms with van der Waals surface area (Å²) in [6.07, 6.45) is 2.18.